The molecule has 0 aliphatic heterocycles. The lowest BCUT2D eigenvalue weighted by Crippen LogP contribution is -2.33. The summed E-state index contributed by atoms with van der Waals surface area (Å²) in [4.78, 5) is 18.1. The van der Waals surface area contributed by atoms with Crippen molar-refractivity contribution in [2.45, 2.75) is 26.2 Å². The predicted molar refractivity (Wildman–Crippen MR) is 67.6 cm³/mol. The van der Waals surface area contributed by atoms with Crippen molar-refractivity contribution in [3.63, 3.8) is 0 Å². The standard InChI is InChI=1S/C13H19N3O/c1-2-7-16(9-10-3-4-10)13(17)11-5-6-15-12(14)8-11/h5-6,8,10H,2-4,7,9H2,1H3,(H2,14,15). The minimum atomic E-state index is 0.0767. The zero-order valence-electron chi connectivity index (χ0n) is 10.2. The smallest absolute Gasteiger partial charge is 0.254 e. The summed E-state index contributed by atoms with van der Waals surface area (Å²) in [5, 5.41) is 0. The van der Waals surface area contributed by atoms with Gasteiger partial charge in [0.2, 0.25) is 0 Å². The molecule has 0 atom stereocenters. The second kappa shape index (κ2) is 5.17. The van der Waals surface area contributed by atoms with Crippen LogP contribution in [-0.4, -0.2) is 28.9 Å². The molecule has 1 heterocycles. The molecule has 1 amide bonds. The topological polar surface area (TPSA) is 59.2 Å². The summed E-state index contributed by atoms with van der Waals surface area (Å²) >= 11 is 0. The third-order valence-corrected chi connectivity index (χ3v) is 2.98. The number of carbonyl (C=O) groups is 1. The van der Waals surface area contributed by atoms with E-state index in [0.717, 1.165) is 19.5 Å². The summed E-state index contributed by atoms with van der Waals surface area (Å²) < 4.78 is 0. The van der Waals surface area contributed by atoms with E-state index in [4.69, 9.17) is 5.73 Å². The van der Waals surface area contributed by atoms with E-state index in [2.05, 4.69) is 11.9 Å². The molecule has 17 heavy (non-hydrogen) atoms. The lowest BCUT2D eigenvalue weighted by atomic mass is 10.2. The van der Waals surface area contributed by atoms with Crippen LogP contribution in [0.15, 0.2) is 18.3 Å². The molecule has 4 nitrogen and oxygen atoms in total. The fourth-order valence-corrected chi connectivity index (χ4v) is 1.92. The largest absolute Gasteiger partial charge is 0.384 e. The van der Waals surface area contributed by atoms with Gasteiger partial charge in [-0.3, -0.25) is 4.79 Å². The van der Waals surface area contributed by atoms with Gasteiger partial charge in [-0.05, 0) is 37.3 Å². The Balaban J connectivity index is 2.08. The molecule has 92 valence electrons. The molecule has 1 fully saturated rings. The number of anilines is 1. The van der Waals surface area contributed by atoms with Gasteiger partial charge >= 0.3 is 0 Å². The Kier molecular flexibility index (Phi) is 3.61. The van der Waals surface area contributed by atoms with Gasteiger partial charge in [-0.25, -0.2) is 4.98 Å². The highest BCUT2D eigenvalue weighted by molar-refractivity contribution is 5.94. The number of hydrogen-bond donors (Lipinski definition) is 1. The van der Waals surface area contributed by atoms with Crippen molar-refractivity contribution in [1.29, 1.82) is 0 Å². The van der Waals surface area contributed by atoms with Crippen LogP contribution in [-0.2, 0) is 0 Å². The summed E-state index contributed by atoms with van der Waals surface area (Å²) in [7, 11) is 0. The van der Waals surface area contributed by atoms with Gasteiger partial charge in [0.05, 0.1) is 0 Å². The fourth-order valence-electron chi connectivity index (χ4n) is 1.92. The molecular weight excluding hydrogens is 214 g/mol. The summed E-state index contributed by atoms with van der Waals surface area (Å²) in [6.07, 6.45) is 5.08. The Bertz CT molecular complexity index is 401. The SMILES string of the molecule is CCCN(CC1CC1)C(=O)c1ccnc(N)c1. The number of nitrogen functional groups attached to an aromatic ring is 1. The van der Waals surface area contributed by atoms with Gasteiger partial charge in [-0.2, -0.15) is 0 Å². The molecule has 4 heteroatoms. The van der Waals surface area contributed by atoms with Crippen LogP contribution in [0.5, 0.6) is 0 Å². The van der Waals surface area contributed by atoms with Crippen LogP contribution < -0.4 is 5.73 Å². The second-order valence-corrected chi connectivity index (χ2v) is 4.66. The molecule has 0 saturated heterocycles. The van der Waals surface area contributed by atoms with Gasteiger partial charge in [0.1, 0.15) is 5.82 Å². The second-order valence-electron chi connectivity index (χ2n) is 4.66. The van der Waals surface area contributed by atoms with Gasteiger partial charge in [0, 0.05) is 24.8 Å². The fraction of sp³-hybridized carbons (Fsp3) is 0.538. The van der Waals surface area contributed by atoms with Crippen molar-refractivity contribution in [3.05, 3.63) is 23.9 Å². The van der Waals surface area contributed by atoms with E-state index in [1.54, 1.807) is 18.3 Å². The first-order valence-electron chi connectivity index (χ1n) is 6.21. The van der Waals surface area contributed by atoms with E-state index in [9.17, 15) is 4.79 Å². The normalized spacial score (nSPS) is 14.6. The molecule has 0 radical (unpaired) electrons. The zero-order valence-corrected chi connectivity index (χ0v) is 10.2. The zero-order chi connectivity index (χ0) is 12.3. The maximum Gasteiger partial charge on any atom is 0.254 e. The van der Waals surface area contributed by atoms with Crippen LogP contribution in [0.1, 0.15) is 36.5 Å². The van der Waals surface area contributed by atoms with E-state index in [1.165, 1.54) is 12.8 Å². The quantitative estimate of drug-likeness (QED) is 0.845. The van der Waals surface area contributed by atoms with Gasteiger partial charge in [-0.15, -0.1) is 0 Å². The monoisotopic (exact) mass is 233 g/mol. The Labute approximate surface area is 102 Å². The first kappa shape index (κ1) is 11.9. The number of hydrogen-bond acceptors (Lipinski definition) is 3. The van der Waals surface area contributed by atoms with Crippen molar-refractivity contribution < 1.29 is 4.79 Å². The summed E-state index contributed by atoms with van der Waals surface area (Å²) in [5.41, 5.74) is 6.25. The molecular formula is C13H19N3O. The Morgan fingerprint density at radius 1 is 1.59 bits per heavy atom. The number of carbonyl (C=O) groups excluding carboxylic acids is 1. The molecule has 1 aromatic heterocycles. The lowest BCUT2D eigenvalue weighted by molar-refractivity contribution is 0.0747. The van der Waals surface area contributed by atoms with Gasteiger partial charge in [0.15, 0.2) is 0 Å². The number of nitrogens with zero attached hydrogens (tertiary/aromatic N) is 2. The summed E-state index contributed by atoms with van der Waals surface area (Å²) in [6, 6.07) is 3.38. The van der Waals surface area contributed by atoms with Crippen molar-refractivity contribution in [2.75, 3.05) is 18.8 Å². The van der Waals surface area contributed by atoms with Gasteiger partial charge in [0.25, 0.3) is 5.91 Å². The molecule has 2 rings (SSSR count). The number of amides is 1. The lowest BCUT2D eigenvalue weighted by Gasteiger charge is -2.22. The highest BCUT2D eigenvalue weighted by Gasteiger charge is 2.26. The van der Waals surface area contributed by atoms with Crippen LogP contribution in [0, 0.1) is 5.92 Å². The number of pyridine rings is 1. The average molecular weight is 233 g/mol. The Morgan fingerprint density at radius 3 is 2.94 bits per heavy atom. The molecule has 1 aliphatic rings. The minimum absolute atomic E-state index is 0.0767. The average Bonchev–Trinajstić information content (AvgIpc) is 3.11. The van der Waals surface area contributed by atoms with Crippen molar-refractivity contribution >= 4 is 11.7 Å². The first-order valence-corrected chi connectivity index (χ1v) is 6.21. The van der Waals surface area contributed by atoms with E-state index in [1.807, 2.05) is 4.90 Å². The Hall–Kier alpha value is -1.58. The van der Waals surface area contributed by atoms with Crippen molar-refractivity contribution in [3.8, 4) is 0 Å². The van der Waals surface area contributed by atoms with E-state index in [0.29, 0.717) is 17.3 Å². The molecule has 0 unspecified atom stereocenters. The number of rotatable bonds is 5. The summed E-state index contributed by atoms with van der Waals surface area (Å²) in [6.45, 7) is 3.79. The summed E-state index contributed by atoms with van der Waals surface area (Å²) in [5.74, 6) is 1.19. The minimum Gasteiger partial charge on any atom is -0.384 e. The predicted octanol–water partition coefficient (Wildman–Crippen LogP) is 1.93. The molecule has 1 aromatic rings. The number of nitrogens with two attached hydrogens (primary N) is 1. The highest BCUT2D eigenvalue weighted by Crippen LogP contribution is 2.30. The number of aromatic nitrogens is 1. The highest BCUT2D eigenvalue weighted by atomic mass is 16.2. The molecule has 1 saturated carbocycles. The third-order valence-electron chi connectivity index (χ3n) is 2.98. The Morgan fingerprint density at radius 2 is 2.35 bits per heavy atom. The van der Waals surface area contributed by atoms with Crippen LogP contribution in [0.25, 0.3) is 0 Å². The maximum absolute atomic E-state index is 12.3. The van der Waals surface area contributed by atoms with Crippen molar-refractivity contribution in [2.24, 2.45) is 5.92 Å². The van der Waals surface area contributed by atoms with Crippen molar-refractivity contribution in [1.82, 2.24) is 9.88 Å². The maximum atomic E-state index is 12.3. The third kappa shape index (κ3) is 3.19. The van der Waals surface area contributed by atoms with Gasteiger partial charge in [-0.1, -0.05) is 6.92 Å². The van der Waals surface area contributed by atoms with Crippen LogP contribution >= 0.6 is 0 Å². The van der Waals surface area contributed by atoms with E-state index in [-0.39, 0.29) is 5.91 Å². The van der Waals surface area contributed by atoms with Crippen LogP contribution in [0.4, 0.5) is 5.82 Å². The molecule has 0 aromatic carbocycles. The molecule has 0 bridgehead atoms. The van der Waals surface area contributed by atoms with Gasteiger partial charge < -0.3 is 10.6 Å². The van der Waals surface area contributed by atoms with Crippen LogP contribution in [0.2, 0.25) is 0 Å². The van der Waals surface area contributed by atoms with E-state index < -0.39 is 0 Å². The molecule has 2 N–H and O–H groups in total. The molecule has 0 spiro atoms. The first-order chi connectivity index (χ1) is 8.20. The van der Waals surface area contributed by atoms with Crippen LogP contribution in [0.3, 0.4) is 0 Å². The molecule has 1 aliphatic carbocycles. The van der Waals surface area contributed by atoms with E-state index >= 15 is 0 Å².